The third kappa shape index (κ3) is 3.33. The molecule has 22 heavy (non-hydrogen) atoms. The lowest BCUT2D eigenvalue weighted by Gasteiger charge is -2.13. The Labute approximate surface area is 129 Å². The van der Waals surface area contributed by atoms with Gasteiger partial charge >= 0.3 is 5.97 Å². The maximum absolute atomic E-state index is 12.3. The normalized spacial score (nSPS) is 11.8. The number of carbonyl (C=O) groups is 2. The van der Waals surface area contributed by atoms with Crippen molar-refractivity contribution in [2.24, 2.45) is 5.92 Å². The molecule has 0 aliphatic carbocycles. The number of aromatic nitrogens is 2. The van der Waals surface area contributed by atoms with Crippen LogP contribution in [0.2, 0.25) is 0 Å². The number of methoxy groups -OCH3 is 1. The van der Waals surface area contributed by atoms with Crippen LogP contribution in [0.25, 0.3) is 5.69 Å². The summed E-state index contributed by atoms with van der Waals surface area (Å²) in [5.41, 5.74) is 1.60. The fraction of sp³-hybridized carbons (Fsp3) is 0.312. The van der Waals surface area contributed by atoms with Crippen molar-refractivity contribution in [3.63, 3.8) is 0 Å². The summed E-state index contributed by atoms with van der Waals surface area (Å²) in [6.07, 6.45) is 0.372. The smallest absolute Gasteiger partial charge is 0.318 e. The van der Waals surface area contributed by atoms with Gasteiger partial charge in [-0.15, -0.1) is 0 Å². The van der Waals surface area contributed by atoms with Gasteiger partial charge in [-0.1, -0.05) is 25.1 Å². The number of amides is 1. The van der Waals surface area contributed by atoms with Gasteiger partial charge in [-0.25, -0.2) is 4.68 Å². The number of ether oxygens (including phenoxy) is 1. The zero-order chi connectivity index (χ0) is 16.1. The van der Waals surface area contributed by atoms with E-state index in [2.05, 4.69) is 15.2 Å². The second-order valence-corrected chi connectivity index (χ2v) is 4.89. The summed E-state index contributed by atoms with van der Waals surface area (Å²) >= 11 is 0. The van der Waals surface area contributed by atoms with Gasteiger partial charge in [0.25, 0.3) is 0 Å². The van der Waals surface area contributed by atoms with E-state index in [4.69, 9.17) is 0 Å². The second-order valence-electron chi connectivity index (χ2n) is 4.89. The van der Waals surface area contributed by atoms with Crippen molar-refractivity contribution in [1.29, 1.82) is 0 Å². The number of hydrogen-bond donors (Lipinski definition) is 1. The van der Waals surface area contributed by atoms with E-state index in [0.29, 0.717) is 12.2 Å². The molecule has 0 aliphatic rings. The van der Waals surface area contributed by atoms with Gasteiger partial charge in [0.2, 0.25) is 5.91 Å². The molecule has 0 radical (unpaired) electrons. The van der Waals surface area contributed by atoms with E-state index in [9.17, 15) is 9.59 Å². The summed E-state index contributed by atoms with van der Waals surface area (Å²) in [4.78, 5) is 23.9. The molecule has 0 fully saturated rings. The lowest BCUT2D eigenvalue weighted by molar-refractivity contribution is -0.148. The molecule has 2 rings (SSSR count). The Morgan fingerprint density at radius 2 is 2.00 bits per heavy atom. The molecular weight excluding hydrogens is 282 g/mol. The minimum absolute atomic E-state index is 0.372. The van der Waals surface area contributed by atoms with Crippen molar-refractivity contribution < 1.29 is 14.3 Å². The average Bonchev–Trinajstić information content (AvgIpc) is 2.89. The fourth-order valence-corrected chi connectivity index (χ4v) is 2.17. The van der Waals surface area contributed by atoms with Crippen LogP contribution in [-0.2, 0) is 14.3 Å². The highest BCUT2D eigenvalue weighted by atomic mass is 16.5. The van der Waals surface area contributed by atoms with Crippen LogP contribution in [0.4, 0.5) is 5.82 Å². The highest BCUT2D eigenvalue weighted by Crippen LogP contribution is 2.18. The molecule has 1 aromatic carbocycles. The number of para-hydroxylation sites is 1. The first-order valence-electron chi connectivity index (χ1n) is 7.07. The molecule has 0 saturated heterocycles. The molecule has 1 heterocycles. The van der Waals surface area contributed by atoms with Crippen molar-refractivity contribution in [1.82, 2.24) is 9.78 Å². The van der Waals surface area contributed by atoms with Gasteiger partial charge in [-0.2, -0.15) is 5.10 Å². The molecule has 1 aromatic heterocycles. The number of carbonyl (C=O) groups excluding carboxylic acids is 2. The maximum Gasteiger partial charge on any atom is 0.318 e. The summed E-state index contributed by atoms with van der Waals surface area (Å²) in [6, 6.07) is 11.2. The Hall–Kier alpha value is -2.63. The zero-order valence-electron chi connectivity index (χ0n) is 12.9. The Bertz CT molecular complexity index is 665. The predicted molar refractivity (Wildman–Crippen MR) is 82.7 cm³/mol. The SMILES string of the molecule is CC[C@H](C(=O)Nc1cc(C)nn1-c1ccccc1)C(=O)OC. The molecular formula is C16H19N3O3. The molecule has 1 N–H and O–H groups in total. The quantitative estimate of drug-likeness (QED) is 0.679. The fourth-order valence-electron chi connectivity index (χ4n) is 2.17. The predicted octanol–water partition coefficient (Wildman–Crippen LogP) is 2.32. The second kappa shape index (κ2) is 6.89. The van der Waals surface area contributed by atoms with Gasteiger partial charge in [0.05, 0.1) is 18.5 Å². The lowest BCUT2D eigenvalue weighted by atomic mass is 10.1. The summed E-state index contributed by atoms with van der Waals surface area (Å²) in [5.74, 6) is -1.24. The summed E-state index contributed by atoms with van der Waals surface area (Å²) < 4.78 is 6.30. The monoisotopic (exact) mass is 301 g/mol. The molecule has 0 aliphatic heterocycles. The average molecular weight is 301 g/mol. The lowest BCUT2D eigenvalue weighted by Crippen LogP contribution is -2.30. The third-order valence-electron chi connectivity index (χ3n) is 3.29. The van der Waals surface area contributed by atoms with Crippen molar-refractivity contribution in [2.45, 2.75) is 20.3 Å². The van der Waals surface area contributed by atoms with Gasteiger partial charge in [0.15, 0.2) is 0 Å². The number of nitrogens with zero attached hydrogens (tertiary/aromatic N) is 2. The molecule has 6 heteroatoms. The first-order valence-corrected chi connectivity index (χ1v) is 7.07. The molecule has 0 saturated carbocycles. The van der Waals surface area contributed by atoms with Crippen molar-refractivity contribution in [3.05, 3.63) is 42.1 Å². The molecule has 6 nitrogen and oxygen atoms in total. The van der Waals surface area contributed by atoms with E-state index >= 15 is 0 Å². The Kier molecular flexibility index (Phi) is 4.93. The van der Waals surface area contributed by atoms with Gasteiger partial charge in [0.1, 0.15) is 11.7 Å². The maximum atomic E-state index is 12.3. The molecule has 1 amide bonds. The topological polar surface area (TPSA) is 73.2 Å². The molecule has 1 atom stereocenters. The van der Waals surface area contributed by atoms with Crippen LogP contribution >= 0.6 is 0 Å². The van der Waals surface area contributed by atoms with E-state index in [1.54, 1.807) is 17.7 Å². The number of nitrogens with one attached hydrogen (secondary N) is 1. The van der Waals surface area contributed by atoms with Gasteiger partial charge in [-0.3, -0.25) is 9.59 Å². The molecule has 116 valence electrons. The summed E-state index contributed by atoms with van der Waals surface area (Å²) in [5, 5.41) is 7.13. The van der Waals surface area contributed by atoms with E-state index in [1.165, 1.54) is 7.11 Å². The van der Waals surface area contributed by atoms with Crippen LogP contribution in [0.3, 0.4) is 0 Å². The molecule has 0 unspecified atom stereocenters. The van der Waals surface area contributed by atoms with E-state index in [0.717, 1.165) is 11.4 Å². The van der Waals surface area contributed by atoms with Crippen molar-refractivity contribution in [2.75, 3.05) is 12.4 Å². The van der Waals surface area contributed by atoms with E-state index < -0.39 is 17.8 Å². The van der Waals surface area contributed by atoms with Crippen molar-refractivity contribution >= 4 is 17.7 Å². The summed E-state index contributed by atoms with van der Waals surface area (Å²) in [7, 11) is 1.27. The standard InChI is InChI=1S/C16H19N3O3/c1-4-13(16(21)22-3)15(20)17-14-10-11(2)18-19(14)12-8-6-5-7-9-12/h5-10,13H,4H2,1-3H3,(H,17,20)/t13-/m1/s1. The number of esters is 1. The number of rotatable bonds is 5. The van der Waals surface area contributed by atoms with Gasteiger partial charge < -0.3 is 10.1 Å². The number of aryl methyl sites for hydroxylation is 1. The van der Waals surface area contributed by atoms with Gasteiger partial charge in [-0.05, 0) is 25.5 Å². The number of benzene rings is 1. The van der Waals surface area contributed by atoms with Crippen LogP contribution < -0.4 is 5.32 Å². The van der Waals surface area contributed by atoms with Gasteiger partial charge in [0, 0.05) is 6.07 Å². The minimum Gasteiger partial charge on any atom is -0.468 e. The van der Waals surface area contributed by atoms with Crippen LogP contribution in [0.5, 0.6) is 0 Å². The first-order chi connectivity index (χ1) is 10.6. The van der Waals surface area contributed by atoms with Crippen LogP contribution in [0, 0.1) is 12.8 Å². The minimum atomic E-state index is -0.829. The molecule has 2 aromatic rings. The first kappa shape index (κ1) is 15.8. The third-order valence-corrected chi connectivity index (χ3v) is 3.29. The Morgan fingerprint density at radius 1 is 1.32 bits per heavy atom. The van der Waals surface area contributed by atoms with Crippen molar-refractivity contribution in [3.8, 4) is 5.69 Å². The van der Waals surface area contributed by atoms with E-state index in [-0.39, 0.29) is 0 Å². The van der Waals surface area contributed by atoms with Crippen LogP contribution in [0.1, 0.15) is 19.0 Å². The molecule has 0 spiro atoms. The highest BCUT2D eigenvalue weighted by molar-refractivity contribution is 6.04. The highest BCUT2D eigenvalue weighted by Gasteiger charge is 2.26. The number of anilines is 1. The van der Waals surface area contributed by atoms with Crippen LogP contribution in [-0.4, -0.2) is 28.8 Å². The Balaban J connectivity index is 2.27. The molecule has 0 bridgehead atoms. The zero-order valence-corrected chi connectivity index (χ0v) is 12.9. The van der Waals surface area contributed by atoms with Crippen LogP contribution in [0.15, 0.2) is 36.4 Å². The number of hydrogen-bond acceptors (Lipinski definition) is 4. The Morgan fingerprint density at radius 3 is 2.59 bits per heavy atom. The summed E-state index contributed by atoms with van der Waals surface area (Å²) in [6.45, 7) is 3.60. The van der Waals surface area contributed by atoms with E-state index in [1.807, 2.05) is 37.3 Å². The largest absolute Gasteiger partial charge is 0.468 e.